The van der Waals surface area contributed by atoms with E-state index in [0.29, 0.717) is 5.69 Å². The first kappa shape index (κ1) is 13.7. The predicted molar refractivity (Wildman–Crippen MR) is 74.5 cm³/mol. The maximum Gasteiger partial charge on any atom is 0.255 e. The number of anilines is 1. The van der Waals surface area contributed by atoms with E-state index in [-0.39, 0.29) is 17.7 Å². The molecule has 2 rings (SSSR count). The Hall–Kier alpha value is -2.71. The zero-order chi connectivity index (χ0) is 14.4. The van der Waals surface area contributed by atoms with E-state index in [0.717, 1.165) is 6.07 Å². The highest BCUT2D eigenvalue weighted by Gasteiger charge is 2.09. The molecule has 0 bridgehead atoms. The maximum atomic E-state index is 13.7. The average Bonchev–Trinajstić information content (AvgIpc) is 2.47. The van der Waals surface area contributed by atoms with Crippen LogP contribution in [0.2, 0.25) is 0 Å². The summed E-state index contributed by atoms with van der Waals surface area (Å²) in [5.41, 5.74) is 6.26. The molecule has 1 amide bonds. The number of nitrogens with one attached hydrogen (secondary N) is 1. The number of hydrogen-bond donors (Lipinski definition) is 2. The van der Waals surface area contributed by atoms with Gasteiger partial charge in [0.15, 0.2) is 0 Å². The molecule has 3 N–H and O–H groups in total. The summed E-state index contributed by atoms with van der Waals surface area (Å²) in [6.07, 6.45) is 3.11. The summed E-state index contributed by atoms with van der Waals surface area (Å²) < 4.78 is 13.7. The standard InChI is InChI=1S/C15H12FN3O/c16-14-10-12(4-3-11(14)2-1-7-17)15(20)19-13-5-8-18-9-6-13/h3-6,8-10H,7,17H2,(H,18,19,20). The number of benzene rings is 1. The van der Waals surface area contributed by atoms with Gasteiger partial charge in [0, 0.05) is 23.6 Å². The summed E-state index contributed by atoms with van der Waals surface area (Å²) in [7, 11) is 0. The van der Waals surface area contributed by atoms with Crippen LogP contribution in [0, 0.1) is 17.7 Å². The molecule has 5 heteroatoms. The Bertz CT molecular complexity index is 675. The number of nitrogens with zero attached hydrogens (tertiary/aromatic N) is 1. The van der Waals surface area contributed by atoms with Gasteiger partial charge in [-0.05, 0) is 30.3 Å². The van der Waals surface area contributed by atoms with Crippen molar-refractivity contribution in [2.75, 3.05) is 11.9 Å². The van der Waals surface area contributed by atoms with Crippen LogP contribution < -0.4 is 11.1 Å². The smallest absolute Gasteiger partial charge is 0.255 e. The second kappa shape index (κ2) is 6.45. The highest BCUT2D eigenvalue weighted by molar-refractivity contribution is 6.04. The van der Waals surface area contributed by atoms with Crippen molar-refractivity contribution in [1.29, 1.82) is 0 Å². The molecule has 100 valence electrons. The Balaban J connectivity index is 2.17. The van der Waals surface area contributed by atoms with Crippen molar-refractivity contribution in [2.24, 2.45) is 5.73 Å². The summed E-state index contributed by atoms with van der Waals surface area (Å²) in [6.45, 7) is 0.156. The van der Waals surface area contributed by atoms with Crippen LogP contribution in [0.3, 0.4) is 0 Å². The molecule has 0 unspecified atom stereocenters. The Labute approximate surface area is 115 Å². The van der Waals surface area contributed by atoms with Crippen molar-refractivity contribution in [2.45, 2.75) is 0 Å². The number of hydrogen-bond acceptors (Lipinski definition) is 3. The van der Waals surface area contributed by atoms with Gasteiger partial charge in [0.05, 0.1) is 12.1 Å². The lowest BCUT2D eigenvalue weighted by atomic mass is 10.1. The van der Waals surface area contributed by atoms with E-state index < -0.39 is 11.7 Å². The summed E-state index contributed by atoms with van der Waals surface area (Å²) in [5.74, 6) is 4.22. The molecule has 1 aromatic carbocycles. The largest absolute Gasteiger partial charge is 0.322 e. The number of amides is 1. The predicted octanol–water partition coefficient (Wildman–Crippen LogP) is 1.78. The molecule has 1 heterocycles. The van der Waals surface area contributed by atoms with Gasteiger partial charge in [-0.3, -0.25) is 9.78 Å². The lowest BCUT2D eigenvalue weighted by Crippen LogP contribution is -2.12. The number of carbonyl (C=O) groups excluding carboxylic acids is 1. The highest BCUT2D eigenvalue weighted by Crippen LogP contribution is 2.12. The number of halogens is 1. The average molecular weight is 269 g/mol. The third kappa shape index (κ3) is 3.40. The fraction of sp³-hybridized carbons (Fsp3) is 0.0667. The lowest BCUT2D eigenvalue weighted by Gasteiger charge is -2.05. The van der Waals surface area contributed by atoms with Crippen molar-refractivity contribution in [3.63, 3.8) is 0 Å². The first-order valence-corrected chi connectivity index (χ1v) is 5.90. The molecular formula is C15H12FN3O. The van der Waals surface area contributed by atoms with E-state index in [1.165, 1.54) is 12.1 Å². The van der Waals surface area contributed by atoms with Crippen LogP contribution in [0.25, 0.3) is 0 Å². The molecule has 0 aliphatic rings. The fourth-order valence-electron chi connectivity index (χ4n) is 1.54. The molecule has 0 radical (unpaired) electrons. The van der Waals surface area contributed by atoms with Gasteiger partial charge < -0.3 is 11.1 Å². The minimum Gasteiger partial charge on any atom is -0.322 e. The van der Waals surface area contributed by atoms with Gasteiger partial charge in [-0.1, -0.05) is 11.8 Å². The van der Waals surface area contributed by atoms with E-state index in [9.17, 15) is 9.18 Å². The van der Waals surface area contributed by atoms with Crippen LogP contribution in [0.15, 0.2) is 42.7 Å². The first-order chi connectivity index (χ1) is 9.70. The molecule has 0 atom stereocenters. The van der Waals surface area contributed by atoms with Crippen LogP contribution in [-0.2, 0) is 0 Å². The second-order valence-corrected chi connectivity index (χ2v) is 3.89. The minimum atomic E-state index is -0.548. The van der Waals surface area contributed by atoms with Gasteiger partial charge in [0.25, 0.3) is 5.91 Å². The van der Waals surface area contributed by atoms with Crippen molar-refractivity contribution in [3.8, 4) is 11.8 Å². The van der Waals surface area contributed by atoms with Crippen LogP contribution in [-0.4, -0.2) is 17.4 Å². The summed E-state index contributed by atoms with van der Waals surface area (Å²) in [6, 6.07) is 7.42. The van der Waals surface area contributed by atoms with E-state index in [1.54, 1.807) is 24.5 Å². The maximum absolute atomic E-state index is 13.7. The second-order valence-electron chi connectivity index (χ2n) is 3.89. The van der Waals surface area contributed by atoms with Crippen molar-refractivity contribution in [3.05, 3.63) is 59.7 Å². The Morgan fingerprint density at radius 2 is 2.05 bits per heavy atom. The third-order valence-corrected chi connectivity index (χ3v) is 2.49. The number of nitrogens with two attached hydrogens (primary N) is 1. The van der Waals surface area contributed by atoms with E-state index in [2.05, 4.69) is 22.1 Å². The molecule has 0 saturated heterocycles. The zero-order valence-electron chi connectivity index (χ0n) is 10.6. The number of aromatic nitrogens is 1. The van der Waals surface area contributed by atoms with Crippen LogP contribution in [0.1, 0.15) is 15.9 Å². The molecule has 0 aliphatic carbocycles. The Morgan fingerprint density at radius 1 is 1.30 bits per heavy atom. The van der Waals surface area contributed by atoms with Gasteiger partial charge in [-0.25, -0.2) is 4.39 Å². The molecular weight excluding hydrogens is 257 g/mol. The minimum absolute atomic E-state index is 0.156. The summed E-state index contributed by atoms with van der Waals surface area (Å²) >= 11 is 0. The van der Waals surface area contributed by atoms with E-state index >= 15 is 0 Å². The van der Waals surface area contributed by atoms with E-state index in [4.69, 9.17) is 5.73 Å². The molecule has 20 heavy (non-hydrogen) atoms. The highest BCUT2D eigenvalue weighted by atomic mass is 19.1. The topological polar surface area (TPSA) is 68.0 Å². The zero-order valence-corrected chi connectivity index (χ0v) is 10.6. The van der Waals surface area contributed by atoms with Gasteiger partial charge in [0.2, 0.25) is 0 Å². The Morgan fingerprint density at radius 3 is 2.70 bits per heavy atom. The van der Waals surface area contributed by atoms with Crippen molar-refractivity contribution < 1.29 is 9.18 Å². The fourth-order valence-corrected chi connectivity index (χ4v) is 1.54. The van der Waals surface area contributed by atoms with Crippen LogP contribution in [0.4, 0.5) is 10.1 Å². The molecule has 2 aromatic rings. The van der Waals surface area contributed by atoms with Gasteiger partial charge in [-0.15, -0.1) is 0 Å². The normalized spacial score (nSPS) is 9.50. The first-order valence-electron chi connectivity index (χ1n) is 5.90. The van der Waals surface area contributed by atoms with Gasteiger partial charge in [0.1, 0.15) is 5.82 Å². The number of rotatable bonds is 2. The molecule has 4 nitrogen and oxygen atoms in total. The summed E-state index contributed by atoms with van der Waals surface area (Å²) in [4.78, 5) is 15.8. The van der Waals surface area contributed by atoms with Crippen LogP contribution >= 0.6 is 0 Å². The van der Waals surface area contributed by atoms with Crippen molar-refractivity contribution >= 4 is 11.6 Å². The monoisotopic (exact) mass is 269 g/mol. The van der Waals surface area contributed by atoms with Crippen molar-refractivity contribution in [1.82, 2.24) is 4.98 Å². The van der Waals surface area contributed by atoms with Gasteiger partial charge >= 0.3 is 0 Å². The SMILES string of the molecule is NCC#Cc1ccc(C(=O)Nc2ccncc2)cc1F. The number of carbonyl (C=O) groups is 1. The summed E-state index contributed by atoms with van der Waals surface area (Å²) in [5, 5.41) is 2.65. The third-order valence-electron chi connectivity index (χ3n) is 2.49. The molecule has 1 aromatic heterocycles. The van der Waals surface area contributed by atoms with E-state index in [1.807, 2.05) is 0 Å². The molecule has 0 saturated carbocycles. The number of pyridine rings is 1. The van der Waals surface area contributed by atoms with Gasteiger partial charge in [-0.2, -0.15) is 0 Å². The van der Waals surface area contributed by atoms with Crippen LogP contribution in [0.5, 0.6) is 0 Å². The Kier molecular flexibility index (Phi) is 4.43. The quantitative estimate of drug-likeness (QED) is 0.817. The molecule has 0 spiro atoms. The lowest BCUT2D eigenvalue weighted by molar-refractivity contribution is 0.102. The molecule has 0 aliphatic heterocycles. The molecule has 0 fully saturated rings.